The van der Waals surface area contributed by atoms with Crippen LogP contribution in [0.5, 0.6) is 5.75 Å². The first-order valence-electron chi connectivity index (χ1n) is 24.6. The summed E-state index contributed by atoms with van der Waals surface area (Å²) in [4.78, 5) is 138. The van der Waals surface area contributed by atoms with E-state index in [1.165, 1.54) is 38.1 Å². The average Bonchev–Trinajstić information content (AvgIpc) is 3.37. The van der Waals surface area contributed by atoms with Gasteiger partial charge in [0.05, 0.1) is 19.1 Å². The van der Waals surface area contributed by atoms with Gasteiger partial charge in [-0.2, -0.15) is 0 Å². The molecule has 11 atom stereocenters. The molecule has 400 valence electrons. The number of aliphatic hydroxyl groups excluding tert-OH is 1. The molecule has 0 spiro atoms. The van der Waals surface area contributed by atoms with E-state index in [9.17, 15) is 63.3 Å². The number of rotatable bonds is 13. The van der Waals surface area contributed by atoms with Crippen molar-refractivity contribution >= 4 is 59.1 Å². The normalized spacial score (nSPS) is 24.8. The van der Waals surface area contributed by atoms with E-state index in [0.717, 1.165) is 0 Å². The number of amides is 9. The molecule has 1 fully saturated rings. The fourth-order valence-electron chi connectivity index (χ4n) is 7.88. The average molecular weight is 1030 g/mol. The van der Waals surface area contributed by atoms with Crippen LogP contribution in [0.4, 0.5) is 0 Å². The van der Waals surface area contributed by atoms with Gasteiger partial charge in [0, 0.05) is 19.3 Å². The molecular weight excluding hydrogens is 959 g/mol. The van der Waals surface area contributed by atoms with Crippen LogP contribution >= 0.6 is 0 Å². The maximum atomic E-state index is 14.4. The first-order valence-corrected chi connectivity index (χ1v) is 24.6. The van der Waals surface area contributed by atoms with Crippen molar-refractivity contribution in [1.29, 1.82) is 0 Å². The zero-order valence-electron chi connectivity index (χ0n) is 42.3. The molecule has 12 N–H and O–H groups in total. The fourth-order valence-corrected chi connectivity index (χ4v) is 7.88. The lowest BCUT2D eigenvalue weighted by atomic mass is 9.96. The van der Waals surface area contributed by atoms with Crippen molar-refractivity contribution in [2.24, 2.45) is 11.8 Å². The van der Waals surface area contributed by atoms with Crippen LogP contribution in [0.2, 0.25) is 0 Å². The Hall–Kier alpha value is -7.88. The van der Waals surface area contributed by atoms with Crippen LogP contribution < -0.4 is 47.9 Å². The maximum absolute atomic E-state index is 14.4. The molecule has 0 saturated carbocycles. The number of carboxylic acid groups (broad SMARTS) is 1. The molecule has 1 saturated heterocycles. The minimum absolute atomic E-state index is 0.0859. The van der Waals surface area contributed by atoms with E-state index < -0.39 is 138 Å². The van der Waals surface area contributed by atoms with Gasteiger partial charge in [0.25, 0.3) is 0 Å². The number of hydrogen-bond acceptors (Lipinski definition) is 12. The third-order valence-electron chi connectivity index (χ3n) is 12.7. The quantitative estimate of drug-likeness (QED) is 0.102. The third kappa shape index (κ3) is 18.0. The van der Waals surface area contributed by atoms with Gasteiger partial charge in [0.15, 0.2) is 0 Å². The van der Waals surface area contributed by atoms with Crippen LogP contribution in [-0.4, -0.2) is 135 Å². The second kappa shape index (κ2) is 28.4. The number of aliphatic carboxylic acids is 1. The predicted molar refractivity (Wildman–Crippen MR) is 269 cm³/mol. The van der Waals surface area contributed by atoms with Gasteiger partial charge in [0.1, 0.15) is 54.1 Å². The zero-order valence-corrected chi connectivity index (χ0v) is 42.3. The SMILES string of the molecule is CC[C@H](C)[C@@H]1NC(=O)[C@H](CC(=O)O)NC(=O)[C@H](Cc2ccccc2)NC(=O)[C@H]([C@@H](C)CC)NC(=O)[C@H]([C@@H](C)O)NC(=O)[C@H](Cc2ccc(O)cc2)NC(=O)[C@H](C)NC(=O)CNC(=O)[C@H](Cc2ccccc2)NC1=O. The van der Waals surface area contributed by atoms with Gasteiger partial charge < -0.3 is 63.2 Å². The summed E-state index contributed by atoms with van der Waals surface area (Å²) in [5.41, 5.74) is 1.58. The number of carboxylic acids is 1. The van der Waals surface area contributed by atoms with E-state index >= 15 is 0 Å². The van der Waals surface area contributed by atoms with Crippen LogP contribution in [0.25, 0.3) is 0 Å². The minimum Gasteiger partial charge on any atom is -0.508 e. The number of carbonyl (C=O) groups is 10. The molecule has 22 heteroatoms. The summed E-state index contributed by atoms with van der Waals surface area (Å²) in [6.45, 7) is 8.54. The van der Waals surface area contributed by atoms with Crippen LogP contribution in [-0.2, 0) is 67.2 Å². The Morgan fingerprint density at radius 3 is 1.34 bits per heavy atom. The van der Waals surface area contributed by atoms with Crippen molar-refractivity contribution < 1.29 is 63.3 Å². The van der Waals surface area contributed by atoms with Crippen molar-refractivity contribution in [3.8, 4) is 5.75 Å². The molecular formula is C52H69N9O13. The minimum atomic E-state index is -1.82. The van der Waals surface area contributed by atoms with Gasteiger partial charge in [0.2, 0.25) is 53.2 Å². The van der Waals surface area contributed by atoms with Crippen molar-refractivity contribution in [2.45, 2.75) is 135 Å². The highest BCUT2D eigenvalue weighted by molar-refractivity contribution is 5.99. The number of benzene rings is 3. The molecule has 22 nitrogen and oxygen atoms in total. The zero-order chi connectivity index (χ0) is 54.6. The van der Waals surface area contributed by atoms with E-state index in [1.54, 1.807) is 88.4 Å². The summed E-state index contributed by atoms with van der Waals surface area (Å²) >= 11 is 0. The van der Waals surface area contributed by atoms with E-state index in [2.05, 4.69) is 47.9 Å². The van der Waals surface area contributed by atoms with Gasteiger partial charge >= 0.3 is 5.97 Å². The second-order valence-electron chi connectivity index (χ2n) is 18.6. The Morgan fingerprint density at radius 1 is 0.500 bits per heavy atom. The molecule has 1 heterocycles. The van der Waals surface area contributed by atoms with Crippen molar-refractivity contribution in [2.75, 3.05) is 6.54 Å². The number of hydrogen-bond donors (Lipinski definition) is 12. The number of phenols is 1. The topological polar surface area (TPSA) is 340 Å². The number of aromatic hydroxyl groups is 1. The monoisotopic (exact) mass is 1030 g/mol. The van der Waals surface area contributed by atoms with E-state index in [-0.39, 0.29) is 31.4 Å². The molecule has 0 unspecified atom stereocenters. The first kappa shape index (κ1) is 58.7. The molecule has 3 aromatic carbocycles. The van der Waals surface area contributed by atoms with E-state index in [4.69, 9.17) is 0 Å². The summed E-state index contributed by atoms with van der Waals surface area (Å²) in [6.07, 6.45) is -2.47. The van der Waals surface area contributed by atoms with Crippen molar-refractivity contribution in [1.82, 2.24) is 47.9 Å². The predicted octanol–water partition coefficient (Wildman–Crippen LogP) is -0.604. The van der Waals surface area contributed by atoms with Crippen LogP contribution in [0.3, 0.4) is 0 Å². The highest BCUT2D eigenvalue weighted by Crippen LogP contribution is 2.16. The van der Waals surface area contributed by atoms with Gasteiger partial charge in [-0.3, -0.25) is 47.9 Å². The highest BCUT2D eigenvalue weighted by atomic mass is 16.4. The summed E-state index contributed by atoms with van der Waals surface area (Å²) in [5.74, 6) is -11.3. The standard InChI is InChI=1S/C52H69N9O13/c1-7-28(3)42-50(72)57-36(23-32-15-11-9-12-16-32)46(68)53-27-40(64)54-30(5)45(67)55-38(25-34-19-21-35(63)22-20-34)48(70)61-44(31(6)62)52(74)60-43(29(4)8-2)51(73)58-37(24-33-17-13-10-14-18-33)47(69)56-39(26-41(65)66)49(71)59-42/h9-22,28-31,36-39,42-44,62-63H,7-8,23-27H2,1-6H3,(H,53,68)(H,54,64)(H,55,67)(H,56,69)(H,57,72)(H,58,73)(H,59,71)(H,60,74)(H,61,70)(H,65,66)/t28-,29-,30-,31+,36-,37-,38-,39-,42-,43-,44-/m0/s1. The molecule has 0 aromatic heterocycles. The summed E-state index contributed by atoms with van der Waals surface area (Å²) in [5, 5.41) is 53.6. The van der Waals surface area contributed by atoms with Crippen molar-refractivity contribution in [3.05, 3.63) is 102 Å². The number of aliphatic hydroxyl groups is 1. The van der Waals surface area contributed by atoms with Crippen LogP contribution in [0, 0.1) is 11.8 Å². The van der Waals surface area contributed by atoms with Gasteiger partial charge in [-0.05, 0) is 54.5 Å². The van der Waals surface area contributed by atoms with E-state index in [1.807, 2.05) is 0 Å². The molecule has 3 aromatic rings. The summed E-state index contributed by atoms with van der Waals surface area (Å²) < 4.78 is 0. The molecule has 0 aliphatic carbocycles. The molecule has 1 aliphatic rings. The lowest BCUT2D eigenvalue weighted by Gasteiger charge is -2.30. The van der Waals surface area contributed by atoms with Crippen LogP contribution in [0.15, 0.2) is 84.9 Å². The van der Waals surface area contributed by atoms with Crippen LogP contribution in [0.1, 0.15) is 77.5 Å². The molecule has 9 amide bonds. The molecule has 0 radical (unpaired) electrons. The molecule has 4 rings (SSSR count). The fraction of sp³-hybridized carbons (Fsp3) is 0.462. The summed E-state index contributed by atoms with van der Waals surface area (Å²) in [7, 11) is 0. The largest absolute Gasteiger partial charge is 0.508 e. The highest BCUT2D eigenvalue weighted by Gasteiger charge is 2.38. The maximum Gasteiger partial charge on any atom is 0.305 e. The Morgan fingerprint density at radius 2 is 0.878 bits per heavy atom. The lowest BCUT2D eigenvalue weighted by molar-refractivity contribution is -0.142. The van der Waals surface area contributed by atoms with Gasteiger partial charge in [-0.1, -0.05) is 113 Å². The molecule has 1 aliphatic heterocycles. The Bertz CT molecular complexity index is 2440. The van der Waals surface area contributed by atoms with Gasteiger partial charge in [-0.25, -0.2) is 0 Å². The third-order valence-corrected chi connectivity index (χ3v) is 12.7. The Kier molecular flexibility index (Phi) is 22.5. The molecule has 74 heavy (non-hydrogen) atoms. The van der Waals surface area contributed by atoms with Crippen molar-refractivity contribution in [3.63, 3.8) is 0 Å². The number of phenolic OH excluding ortho intramolecular Hbond substituents is 1. The van der Waals surface area contributed by atoms with E-state index in [0.29, 0.717) is 23.1 Å². The second-order valence-corrected chi connectivity index (χ2v) is 18.6. The Balaban J connectivity index is 1.81. The number of carbonyl (C=O) groups excluding carboxylic acids is 9. The lowest BCUT2D eigenvalue weighted by Crippen LogP contribution is -2.63. The smallest absolute Gasteiger partial charge is 0.305 e. The number of nitrogens with one attached hydrogen (secondary N) is 9. The first-order chi connectivity index (χ1) is 35.1. The van der Waals surface area contributed by atoms with Gasteiger partial charge in [-0.15, -0.1) is 0 Å². The Labute approximate surface area is 429 Å². The molecule has 0 bridgehead atoms. The summed E-state index contributed by atoms with van der Waals surface area (Å²) in [6, 6.07) is 10.6.